The van der Waals surface area contributed by atoms with Gasteiger partial charge in [0.05, 0.1) is 11.6 Å². The molecule has 3 rings (SSSR count). The molecule has 2 aromatic rings. The molecule has 1 aromatic heterocycles. The van der Waals surface area contributed by atoms with Gasteiger partial charge in [0.1, 0.15) is 5.58 Å². The minimum atomic E-state index is 0.109. The Hall–Kier alpha value is -1.65. The predicted molar refractivity (Wildman–Crippen MR) is 112 cm³/mol. The van der Waals surface area contributed by atoms with Gasteiger partial charge in [0.2, 0.25) is 0 Å². The number of hydrogen-bond acceptors (Lipinski definition) is 4. The zero-order chi connectivity index (χ0) is 19.2. The van der Waals surface area contributed by atoms with Crippen LogP contribution in [-0.2, 0) is 6.54 Å². The minimum Gasteiger partial charge on any atom is -0.464 e. The van der Waals surface area contributed by atoms with Gasteiger partial charge in [-0.1, -0.05) is 32.4 Å². The summed E-state index contributed by atoms with van der Waals surface area (Å²) in [5.41, 5.74) is 7.39. The van der Waals surface area contributed by atoms with Gasteiger partial charge in [-0.15, -0.1) is 0 Å². The van der Waals surface area contributed by atoms with Gasteiger partial charge in [0, 0.05) is 25.2 Å². The van der Waals surface area contributed by atoms with E-state index in [1.165, 1.54) is 25.7 Å². The first-order chi connectivity index (χ1) is 13.1. The van der Waals surface area contributed by atoms with Crippen LogP contribution in [0.1, 0.15) is 51.5 Å². The Morgan fingerprint density at radius 1 is 1.19 bits per heavy atom. The molecule has 1 aliphatic carbocycles. The number of hydrogen-bond donors (Lipinski definition) is 1. The first-order valence-electron chi connectivity index (χ1n) is 10.5. The Morgan fingerprint density at radius 3 is 2.59 bits per heavy atom. The molecule has 2 N–H and O–H groups in total. The molecule has 4 heteroatoms. The fraction of sp³-hybridized carbons (Fsp3) is 0.609. The van der Waals surface area contributed by atoms with Gasteiger partial charge in [-0.25, -0.2) is 0 Å². The topological polar surface area (TPSA) is 59.5 Å². The molecule has 1 saturated carbocycles. The zero-order valence-electron chi connectivity index (χ0n) is 16.8. The van der Waals surface area contributed by atoms with Crippen molar-refractivity contribution < 1.29 is 4.42 Å². The van der Waals surface area contributed by atoms with E-state index in [1.54, 1.807) is 6.26 Å². The standard InChI is InChI=1S/C23H34N2O2/c1-3-17(2)13-25(14-19-10-8-18(12-24)9-11-19)15-20-16-27-22-7-5-4-6-21(22)23(20)26/h4-7,16-19H,3,8-15,24H2,1-2H3. The lowest BCUT2D eigenvalue weighted by Gasteiger charge is -2.33. The van der Waals surface area contributed by atoms with Crippen molar-refractivity contribution in [1.82, 2.24) is 4.90 Å². The van der Waals surface area contributed by atoms with Gasteiger partial charge >= 0.3 is 0 Å². The Kier molecular flexibility index (Phi) is 7.08. The molecule has 27 heavy (non-hydrogen) atoms. The van der Waals surface area contributed by atoms with Gasteiger partial charge in [-0.05, 0) is 62.1 Å². The van der Waals surface area contributed by atoms with Gasteiger partial charge in [0.15, 0.2) is 5.43 Å². The largest absolute Gasteiger partial charge is 0.464 e. The van der Waals surface area contributed by atoms with Crippen LogP contribution in [0, 0.1) is 17.8 Å². The summed E-state index contributed by atoms with van der Waals surface area (Å²) in [5, 5.41) is 0.682. The fourth-order valence-electron chi connectivity index (χ4n) is 4.26. The van der Waals surface area contributed by atoms with E-state index in [4.69, 9.17) is 10.2 Å². The van der Waals surface area contributed by atoms with Crippen molar-refractivity contribution in [1.29, 1.82) is 0 Å². The molecule has 1 aliphatic rings. The van der Waals surface area contributed by atoms with Crippen LogP contribution in [0.3, 0.4) is 0 Å². The molecular formula is C23H34N2O2. The molecule has 0 amide bonds. The second-order valence-electron chi connectivity index (χ2n) is 8.42. The van der Waals surface area contributed by atoms with E-state index in [1.807, 2.05) is 24.3 Å². The Morgan fingerprint density at radius 2 is 1.89 bits per heavy atom. The van der Waals surface area contributed by atoms with Crippen molar-refractivity contribution in [3.63, 3.8) is 0 Å². The average Bonchev–Trinajstić information content (AvgIpc) is 2.70. The van der Waals surface area contributed by atoms with E-state index in [2.05, 4.69) is 18.7 Å². The molecule has 1 aromatic carbocycles. The minimum absolute atomic E-state index is 0.109. The van der Waals surface area contributed by atoms with Crippen LogP contribution in [0.4, 0.5) is 0 Å². The highest BCUT2D eigenvalue weighted by atomic mass is 16.3. The highest BCUT2D eigenvalue weighted by Gasteiger charge is 2.23. The normalized spacial score (nSPS) is 21.6. The summed E-state index contributed by atoms with van der Waals surface area (Å²) in [5.74, 6) is 2.04. The van der Waals surface area contributed by atoms with E-state index < -0.39 is 0 Å². The van der Waals surface area contributed by atoms with Gasteiger partial charge in [-0.3, -0.25) is 9.69 Å². The van der Waals surface area contributed by atoms with Crippen LogP contribution >= 0.6 is 0 Å². The number of para-hydroxylation sites is 1. The number of benzene rings is 1. The summed E-state index contributed by atoms with van der Waals surface area (Å²) in [7, 11) is 0. The van der Waals surface area contributed by atoms with Crippen LogP contribution in [0.25, 0.3) is 11.0 Å². The molecule has 148 valence electrons. The summed E-state index contributed by atoms with van der Waals surface area (Å²) in [6.07, 6.45) is 7.83. The lowest BCUT2D eigenvalue weighted by Crippen LogP contribution is -2.36. The molecule has 1 atom stereocenters. The predicted octanol–water partition coefficient (Wildman–Crippen LogP) is 4.41. The summed E-state index contributed by atoms with van der Waals surface area (Å²) in [6, 6.07) is 7.51. The molecule has 0 spiro atoms. The Bertz CT molecular complexity index is 777. The van der Waals surface area contributed by atoms with E-state index in [0.717, 1.165) is 31.6 Å². The van der Waals surface area contributed by atoms with E-state index in [9.17, 15) is 4.79 Å². The number of nitrogens with zero attached hydrogens (tertiary/aromatic N) is 1. The van der Waals surface area contributed by atoms with Gasteiger partial charge in [-0.2, -0.15) is 0 Å². The quantitative estimate of drug-likeness (QED) is 0.748. The third kappa shape index (κ3) is 5.20. The maximum absolute atomic E-state index is 12.9. The molecule has 1 heterocycles. The van der Waals surface area contributed by atoms with Crippen LogP contribution in [0.15, 0.2) is 39.7 Å². The second-order valence-corrected chi connectivity index (χ2v) is 8.42. The summed E-state index contributed by atoms with van der Waals surface area (Å²) >= 11 is 0. The highest BCUT2D eigenvalue weighted by Crippen LogP contribution is 2.29. The monoisotopic (exact) mass is 370 g/mol. The zero-order valence-corrected chi connectivity index (χ0v) is 16.8. The molecule has 0 radical (unpaired) electrons. The molecular weight excluding hydrogens is 336 g/mol. The first kappa shape index (κ1) is 20.1. The van der Waals surface area contributed by atoms with Gasteiger partial charge < -0.3 is 10.2 Å². The van der Waals surface area contributed by atoms with Crippen LogP contribution in [0.5, 0.6) is 0 Å². The van der Waals surface area contributed by atoms with Crippen molar-refractivity contribution in [3.8, 4) is 0 Å². The van der Waals surface area contributed by atoms with Crippen LogP contribution in [-0.4, -0.2) is 24.5 Å². The maximum Gasteiger partial charge on any atom is 0.197 e. The van der Waals surface area contributed by atoms with Crippen LogP contribution in [0.2, 0.25) is 0 Å². The third-order valence-corrected chi connectivity index (χ3v) is 6.23. The lowest BCUT2D eigenvalue weighted by atomic mass is 9.81. The van der Waals surface area contributed by atoms with Crippen molar-refractivity contribution in [3.05, 3.63) is 46.3 Å². The summed E-state index contributed by atoms with van der Waals surface area (Å²) in [4.78, 5) is 15.4. The van der Waals surface area contributed by atoms with Crippen molar-refractivity contribution in [2.75, 3.05) is 19.6 Å². The number of nitrogens with two attached hydrogens (primary N) is 1. The average molecular weight is 371 g/mol. The highest BCUT2D eigenvalue weighted by molar-refractivity contribution is 5.76. The van der Waals surface area contributed by atoms with Crippen LogP contribution < -0.4 is 11.2 Å². The van der Waals surface area contributed by atoms with Crippen molar-refractivity contribution in [2.45, 2.75) is 52.5 Å². The number of fused-ring (bicyclic) bond motifs is 1. The molecule has 1 fully saturated rings. The summed E-state index contributed by atoms with van der Waals surface area (Å²) in [6.45, 7) is 8.12. The Balaban J connectivity index is 1.73. The fourth-order valence-corrected chi connectivity index (χ4v) is 4.26. The van der Waals surface area contributed by atoms with Crippen molar-refractivity contribution in [2.24, 2.45) is 23.5 Å². The van der Waals surface area contributed by atoms with E-state index in [-0.39, 0.29) is 5.43 Å². The molecule has 1 unspecified atom stereocenters. The molecule has 0 aliphatic heterocycles. The summed E-state index contributed by atoms with van der Waals surface area (Å²) < 4.78 is 5.73. The molecule has 0 saturated heterocycles. The second kappa shape index (κ2) is 9.52. The lowest BCUT2D eigenvalue weighted by molar-refractivity contribution is 0.157. The van der Waals surface area contributed by atoms with E-state index >= 15 is 0 Å². The SMILES string of the molecule is CCC(C)CN(Cc1coc2ccccc2c1=O)CC1CCC(CN)CC1. The van der Waals surface area contributed by atoms with Crippen molar-refractivity contribution >= 4 is 11.0 Å². The Labute approximate surface area is 162 Å². The molecule has 4 nitrogen and oxygen atoms in total. The van der Waals surface area contributed by atoms with E-state index in [0.29, 0.717) is 35.3 Å². The van der Waals surface area contributed by atoms with Gasteiger partial charge in [0.25, 0.3) is 0 Å². The smallest absolute Gasteiger partial charge is 0.197 e. The maximum atomic E-state index is 12.9. The number of rotatable bonds is 8. The first-order valence-corrected chi connectivity index (χ1v) is 10.5. The molecule has 0 bridgehead atoms. The third-order valence-electron chi connectivity index (χ3n) is 6.23.